The van der Waals surface area contributed by atoms with Gasteiger partial charge in [-0.2, -0.15) is 0 Å². The molecule has 82 valence electrons. The largest absolute Gasteiger partial charge is 0.508 e. The first-order valence-corrected chi connectivity index (χ1v) is 5.33. The van der Waals surface area contributed by atoms with E-state index in [1.54, 1.807) is 30.3 Å². The van der Waals surface area contributed by atoms with E-state index in [0.29, 0.717) is 21.5 Å². The van der Waals surface area contributed by atoms with E-state index < -0.39 is 0 Å². The first kappa shape index (κ1) is 11.1. The Morgan fingerprint density at radius 1 is 0.875 bits per heavy atom. The van der Waals surface area contributed by atoms with Gasteiger partial charge in [0.15, 0.2) is 5.75 Å². The van der Waals surface area contributed by atoms with Crippen LogP contribution in [-0.4, -0.2) is 5.11 Å². The van der Waals surface area contributed by atoms with E-state index in [4.69, 9.17) is 33.0 Å². The number of hydrogen-bond acceptors (Lipinski definition) is 2. The highest BCUT2D eigenvalue weighted by Crippen LogP contribution is 2.36. The molecule has 0 aliphatic rings. The van der Waals surface area contributed by atoms with Crippen molar-refractivity contribution in [3.8, 4) is 17.2 Å². The van der Waals surface area contributed by atoms with Gasteiger partial charge in [0.25, 0.3) is 0 Å². The molecule has 0 atom stereocenters. The van der Waals surface area contributed by atoms with Crippen LogP contribution in [0.15, 0.2) is 42.5 Å². The number of halogens is 2. The standard InChI is InChI=1S/C12H8Cl2O2/c13-10-2-1-3-11(14)12(10)16-9-6-4-8(15)5-7-9/h1-7,15H. The van der Waals surface area contributed by atoms with E-state index in [2.05, 4.69) is 0 Å². The van der Waals surface area contributed by atoms with Gasteiger partial charge in [-0.3, -0.25) is 0 Å². The lowest BCUT2D eigenvalue weighted by Gasteiger charge is -2.08. The van der Waals surface area contributed by atoms with Gasteiger partial charge in [-0.05, 0) is 36.4 Å². The maximum Gasteiger partial charge on any atom is 0.164 e. The molecule has 2 rings (SSSR count). The summed E-state index contributed by atoms with van der Waals surface area (Å²) in [7, 11) is 0. The van der Waals surface area contributed by atoms with Gasteiger partial charge in [-0.1, -0.05) is 29.3 Å². The summed E-state index contributed by atoms with van der Waals surface area (Å²) in [5.41, 5.74) is 0. The predicted molar refractivity (Wildman–Crippen MR) is 64.6 cm³/mol. The molecule has 0 unspecified atom stereocenters. The van der Waals surface area contributed by atoms with Crippen molar-refractivity contribution in [2.75, 3.05) is 0 Å². The molecule has 0 saturated carbocycles. The van der Waals surface area contributed by atoms with Gasteiger partial charge in [0.1, 0.15) is 11.5 Å². The Kier molecular flexibility index (Phi) is 3.22. The summed E-state index contributed by atoms with van der Waals surface area (Å²) in [5, 5.41) is 10.0. The summed E-state index contributed by atoms with van der Waals surface area (Å²) in [6, 6.07) is 11.5. The summed E-state index contributed by atoms with van der Waals surface area (Å²) in [5.74, 6) is 1.15. The lowest BCUT2D eigenvalue weighted by molar-refractivity contribution is 0.464. The molecule has 0 aromatic heterocycles. The Balaban J connectivity index is 2.30. The number of ether oxygens (including phenoxy) is 1. The molecule has 0 aliphatic carbocycles. The Hall–Kier alpha value is -1.38. The van der Waals surface area contributed by atoms with E-state index in [1.807, 2.05) is 0 Å². The van der Waals surface area contributed by atoms with Crippen LogP contribution >= 0.6 is 23.2 Å². The zero-order chi connectivity index (χ0) is 11.5. The van der Waals surface area contributed by atoms with Crippen LogP contribution in [0.2, 0.25) is 10.0 Å². The van der Waals surface area contributed by atoms with Crippen molar-refractivity contribution in [3.63, 3.8) is 0 Å². The Morgan fingerprint density at radius 2 is 1.44 bits per heavy atom. The normalized spacial score (nSPS) is 10.1. The van der Waals surface area contributed by atoms with E-state index in [9.17, 15) is 0 Å². The Labute approximate surface area is 103 Å². The smallest absolute Gasteiger partial charge is 0.164 e. The molecule has 0 spiro atoms. The zero-order valence-electron chi connectivity index (χ0n) is 8.15. The second-order valence-corrected chi connectivity index (χ2v) is 3.96. The number of para-hydroxylation sites is 1. The molecule has 0 saturated heterocycles. The quantitative estimate of drug-likeness (QED) is 0.856. The molecule has 0 bridgehead atoms. The average Bonchev–Trinajstić information content (AvgIpc) is 2.26. The second kappa shape index (κ2) is 4.64. The lowest BCUT2D eigenvalue weighted by atomic mass is 10.3. The van der Waals surface area contributed by atoms with Gasteiger partial charge in [-0.15, -0.1) is 0 Å². The van der Waals surface area contributed by atoms with Crippen molar-refractivity contribution in [1.82, 2.24) is 0 Å². The third-order valence-electron chi connectivity index (χ3n) is 1.98. The molecule has 0 fully saturated rings. The summed E-state index contributed by atoms with van der Waals surface area (Å²) >= 11 is 11.9. The van der Waals surface area contributed by atoms with Crippen molar-refractivity contribution in [3.05, 3.63) is 52.5 Å². The number of aromatic hydroxyl groups is 1. The number of benzene rings is 2. The first-order valence-electron chi connectivity index (χ1n) is 4.58. The number of rotatable bonds is 2. The van der Waals surface area contributed by atoms with Gasteiger partial charge in [-0.25, -0.2) is 0 Å². The van der Waals surface area contributed by atoms with Gasteiger partial charge >= 0.3 is 0 Å². The third-order valence-corrected chi connectivity index (χ3v) is 2.57. The van der Waals surface area contributed by atoms with E-state index in [0.717, 1.165) is 0 Å². The van der Waals surface area contributed by atoms with Crippen LogP contribution in [0, 0.1) is 0 Å². The van der Waals surface area contributed by atoms with Crippen LogP contribution in [-0.2, 0) is 0 Å². The van der Waals surface area contributed by atoms with Gasteiger partial charge in [0, 0.05) is 0 Å². The minimum absolute atomic E-state index is 0.178. The highest BCUT2D eigenvalue weighted by Gasteiger charge is 2.07. The van der Waals surface area contributed by atoms with Crippen molar-refractivity contribution in [1.29, 1.82) is 0 Å². The summed E-state index contributed by atoms with van der Waals surface area (Å²) < 4.78 is 5.52. The first-order chi connectivity index (χ1) is 7.66. The summed E-state index contributed by atoms with van der Waals surface area (Å²) in [6.07, 6.45) is 0. The van der Waals surface area contributed by atoms with Crippen LogP contribution in [0.5, 0.6) is 17.2 Å². The van der Waals surface area contributed by atoms with Crippen LogP contribution in [0.25, 0.3) is 0 Å². The van der Waals surface area contributed by atoms with E-state index in [-0.39, 0.29) is 5.75 Å². The van der Waals surface area contributed by atoms with E-state index in [1.165, 1.54) is 12.1 Å². The Bertz CT molecular complexity index is 475. The average molecular weight is 255 g/mol. The molecule has 0 aliphatic heterocycles. The van der Waals surface area contributed by atoms with Gasteiger partial charge < -0.3 is 9.84 Å². The highest BCUT2D eigenvalue weighted by molar-refractivity contribution is 6.37. The molecular formula is C12H8Cl2O2. The molecule has 2 aromatic carbocycles. The molecule has 0 amide bonds. The van der Waals surface area contributed by atoms with Gasteiger partial charge in [0.2, 0.25) is 0 Å². The molecule has 2 nitrogen and oxygen atoms in total. The molecule has 16 heavy (non-hydrogen) atoms. The maximum atomic E-state index is 9.12. The van der Waals surface area contributed by atoms with Crippen LogP contribution in [0.1, 0.15) is 0 Å². The minimum Gasteiger partial charge on any atom is -0.508 e. The Morgan fingerprint density at radius 3 is 2.00 bits per heavy atom. The fraction of sp³-hybridized carbons (Fsp3) is 0. The fourth-order valence-corrected chi connectivity index (χ4v) is 1.69. The van der Waals surface area contributed by atoms with E-state index >= 15 is 0 Å². The minimum atomic E-state index is 0.178. The summed E-state index contributed by atoms with van der Waals surface area (Å²) in [6.45, 7) is 0. The maximum absolute atomic E-state index is 9.12. The van der Waals surface area contributed by atoms with Gasteiger partial charge in [0.05, 0.1) is 10.0 Å². The molecule has 0 radical (unpaired) electrons. The summed E-state index contributed by atoms with van der Waals surface area (Å²) in [4.78, 5) is 0. The van der Waals surface area contributed by atoms with Crippen LogP contribution < -0.4 is 4.74 Å². The monoisotopic (exact) mass is 254 g/mol. The topological polar surface area (TPSA) is 29.5 Å². The van der Waals surface area contributed by atoms with Crippen molar-refractivity contribution in [2.45, 2.75) is 0 Å². The highest BCUT2D eigenvalue weighted by atomic mass is 35.5. The predicted octanol–water partition coefficient (Wildman–Crippen LogP) is 4.49. The molecule has 2 aromatic rings. The zero-order valence-corrected chi connectivity index (χ0v) is 9.66. The van der Waals surface area contributed by atoms with Crippen molar-refractivity contribution in [2.24, 2.45) is 0 Å². The number of hydrogen-bond donors (Lipinski definition) is 1. The van der Waals surface area contributed by atoms with Crippen molar-refractivity contribution >= 4 is 23.2 Å². The number of phenols is 1. The lowest BCUT2D eigenvalue weighted by Crippen LogP contribution is -1.85. The van der Waals surface area contributed by atoms with Crippen LogP contribution in [0.3, 0.4) is 0 Å². The molecule has 0 heterocycles. The van der Waals surface area contributed by atoms with Crippen LogP contribution in [0.4, 0.5) is 0 Å². The second-order valence-electron chi connectivity index (χ2n) is 3.15. The molecule has 1 N–H and O–H groups in total. The SMILES string of the molecule is Oc1ccc(Oc2c(Cl)cccc2Cl)cc1. The molecular weight excluding hydrogens is 247 g/mol. The fourth-order valence-electron chi connectivity index (χ4n) is 1.21. The van der Waals surface area contributed by atoms with Crippen molar-refractivity contribution < 1.29 is 9.84 Å². The number of phenolic OH excluding ortho intramolecular Hbond substituents is 1. The third kappa shape index (κ3) is 2.40. The molecule has 4 heteroatoms.